The van der Waals surface area contributed by atoms with Crippen molar-refractivity contribution in [1.82, 2.24) is 14.9 Å². The Bertz CT molecular complexity index is 1150. The van der Waals surface area contributed by atoms with Crippen molar-refractivity contribution in [3.8, 4) is 5.69 Å². The molecule has 1 N–H and O–H groups in total. The molecule has 6 nitrogen and oxygen atoms in total. The summed E-state index contributed by atoms with van der Waals surface area (Å²) < 4.78 is 7.43. The SMILES string of the molecule is Cc1cc(/C=N/NC(=O)c2ccc(CN3CCOCC3)cc2)c(C)n1-c1cc(Cl)cc(Cl)c1. The van der Waals surface area contributed by atoms with E-state index in [4.69, 9.17) is 27.9 Å². The van der Waals surface area contributed by atoms with Crippen LogP contribution < -0.4 is 5.43 Å². The first-order valence-electron chi connectivity index (χ1n) is 10.8. The summed E-state index contributed by atoms with van der Waals surface area (Å²) in [6.45, 7) is 8.25. The van der Waals surface area contributed by atoms with Crippen molar-refractivity contribution in [2.45, 2.75) is 20.4 Å². The van der Waals surface area contributed by atoms with Crippen LogP contribution in [0.3, 0.4) is 0 Å². The van der Waals surface area contributed by atoms with Gasteiger partial charge in [-0.1, -0.05) is 35.3 Å². The number of halogens is 2. The quantitative estimate of drug-likeness (QED) is 0.395. The van der Waals surface area contributed by atoms with Crippen LogP contribution in [-0.4, -0.2) is 47.9 Å². The number of aromatic nitrogens is 1. The number of aryl methyl sites for hydroxylation is 1. The predicted molar refractivity (Wildman–Crippen MR) is 133 cm³/mol. The maximum Gasteiger partial charge on any atom is 0.271 e. The number of rotatable bonds is 6. The minimum Gasteiger partial charge on any atom is -0.379 e. The smallest absolute Gasteiger partial charge is 0.271 e. The van der Waals surface area contributed by atoms with Gasteiger partial charge in [0.25, 0.3) is 5.91 Å². The number of nitrogens with zero attached hydrogens (tertiary/aromatic N) is 3. The third-order valence-corrected chi connectivity index (χ3v) is 6.11. The number of carbonyl (C=O) groups is 1. The summed E-state index contributed by atoms with van der Waals surface area (Å²) >= 11 is 12.3. The number of benzene rings is 2. The molecule has 4 rings (SSSR count). The lowest BCUT2D eigenvalue weighted by atomic mass is 10.1. The number of carbonyl (C=O) groups excluding carboxylic acids is 1. The third kappa shape index (κ3) is 5.84. The molecular weight excluding hydrogens is 459 g/mol. The molecule has 1 aromatic heterocycles. The van der Waals surface area contributed by atoms with E-state index in [0.717, 1.165) is 55.5 Å². The third-order valence-electron chi connectivity index (χ3n) is 5.67. The summed E-state index contributed by atoms with van der Waals surface area (Å²) in [4.78, 5) is 14.8. The zero-order valence-corrected chi connectivity index (χ0v) is 20.2. The van der Waals surface area contributed by atoms with Crippen LogP contribution in [0.4, 0.5) is 0 Å². The molecule has 0 aliphatic carbocycles. The topological polar surface area (TPSA) is 58.9 Å². The average molecular weight is 485 g/mol. The fourth-order valence-electron chi connectivity index (χ4n) is 3.99. The summed E-state index contributed by atoms with van der Waals surface area (Å²) in [5.41, 5.74) is 8.10. The van der Waals surface area contributed by atoms with E-state index in [-0.39, 0.29) is 5.91 Å². The van der Waals surface area contributed by atoms with Crippen LogP contribution in [0.5, 0.6) is 0 Å². The van der Waals surface area contributed by atoms with Gasteiger partial charge in [0.05, 0.1) is 19.4 Å². The maximum absolute atomic E-state index is 12.5. The Balaban J connectivity index is 1.40. The van der Waals surface area contributed by atoms with Crippen LogP contribution in [0.2, 0.25) is 10.0 Å². The zero-order chi connectivity index (χ0) is 23.4. The van der Waals surface area contributed by atoms with E-state index < -0.39 is 0 Å². The molecule has 8 heteroatoms. The summed E-state index contributed by atoms with van der Waals surface area (Å²) in [6.07, 6.45) is 1.65. The minimum absolute atomic E-state index is 0.250. The number of hydrazone groups is 1. The van der Waals surface area contributed by atoms with Crippen LogP contribution in [-0.2, 0) is 11.3 Å². The molecular formula is C25H26Cl2N4O2. The van der Waals surface area contributed by atoms with E-state index in [0.29, 0.717) is 15.6 Å². The van der Waals surface area contributed by atoms with Crippen LogP contribution >= 0.6 is 23.2 Å². The molecule has 2 aromatic carbocycles. The van der Waals surface area contributed by atoms with Crippen LogP contribution in [0.15, 0.2) is 53.6 Å². The molecule has 1 amide bonds. The summed E-state index contributed by atoms with van der Waals surface area (Å²) in [7, 11) is 0. The second-order valence-corrected chi connectivity index (χ2v) is 8.95. The van der Waals surface area contributed by atoms with Crippen molar-refractivity contribution < 1.29 is 9.53 Å². The Hall–Kier alpha value is -2.64. The van der Waals surface area contributed by atoms with Gasteiger partial charge in [0.2, 0.25) is 0 Å². The highest BCUT2D eigenvalue weighted by Gasteiger charge is 2.13. The Kier molecular flexibility index (Phi) is 7.50. The maximum atomic E-state index is 12.5. The highest BCUT2D eigenvalue weighted by molar-refractivity contribution is 6.34. The molecule has 0 atom stereocenters. The van der Waals surface area contributed by atoms with Crippen molar-refractivity contribution >= 4 is 35.3 Å². The highest BCUT2D eigenvalue weighted by atomic mass is 35.5. The Morgan fingerprint density at radius 1 is 1.06 bits per heavy atom. The van der Waals surface area contributed by atoms with Gasteiger partial charge in [-0.15, -0.1) is 0 Å². The van der Waals surface area contributed by atoms with E-state index >= 15 is 0 Å². The summed E-state index contributed by atoms with van der Waals surface area (Å²) in [5.74, 6) is -0.250. The molecule has 33 heavy (non-hydrogen) atoms. The van der Waals surface area contributed by atoms with Crippen molar-refractivity contribution in [1.29, 1.82) is 0 Å². The van der Waals surface area contributed by atoms with Gasteiger partial charge in [-0.3, -0.25) is 9.69 Å². The first-order chi connectivity index (χ1) is 15.9. The molecule has 0 spiro atoms. The second kappa shape index (κ2) is 10.5. The van der Waals surface area contributed by atoms with Gasteiger partial charge in [0, 0.05) is 57.9 Å². The van der Waals surface area contributed by atoms with Crippen molar-refractivity contribution in [3.63, 3.8) is 0 Å². The van der Waals surface area contributed by atoms with Gasteiger partial charge in [-0.05, 0) is 55.8 Å². The Morgan fingerprint density at radius 2 is 1.73 bits per heavy atom. The molecule has 1 aliphatic rings. The van der Waals surface area contributed by atoms with E-state index in [2.05, 4.69) is 15.4 Å². The van der Waals surface area contributed by atoms with Gasteiger partial charge in [-0.2, -0.15) is 5.10 Å². The van der Waals surface area contributed by atoms with Gasteiger partial charge in [0.1, 0.15) is 0 Å². The minimum atomic E-state index is -0.250. The second-order valence-electron chi connectivity index (χ2n) is 8.07. The summed E-state index contributed by atoms with van der Waals surface area (Å²) in [5, 5.41) is 5.31. The van der Waals surface area contributed by atoms with Crippen LogP contribution in [0.25, 0.3) is 5.69 Å². The van der Waals surface area contributed by atoms with Crippen molar-refractivity contribution in [2.75, 3.05) is 26.3 Å². The Morgan fingerprint density at radius 3 is 2.39 bits per heavy atom. The molecule has 3 aromatic rings. The molecule has 0 unspecified atom stereocenters. The largest absolute Gasteiger partial charge is 0.379 e. The van der Waals surface area contributed by atoms with E-state index in [1.165, 1.54) is 5.56 Å². The van der Waals surface area contributed by atoms with Crippen molar-refractivity contribution in [2.24, 2.45) is 5.10 Å². The lowest BCUT2D eigenvalue weighted by molar-refractivity contribution is 0.0342. The fourth-order valence-corrected chi connectivity index (χ4v) is 4.50. The molecule has 1 saturated heterocycles. The summed E-state index contributed by atoms with van der Waals surface area (Å²) in [6, 6.07) is 15.0. The Labute approximate surface area is 203 Å². The van der Waals surface area contributed by atoms with Gasteiger partial charge in [0.15, 0.2) is 0 Å². The number of hydrogen-bond donors (Lipinski definition) is 1. The molecule has 0 radical (unpaired) electrons. The number of nitrogens with one attached hydrogen (secondary N) is 1. The molecule has 1 aliphatic heterocycles. The first kappa shape index (κ1) is 23.5. The van der Waals surface area contributed by atoms with Crippen LogP contribution in [0, 0.1) is 13.8 Å². The zero-order valence-electron chi connectivity index (χ0n) is 18.6. The van der Waals surface area contributed by atoms with Crippen LogP contribution in [0.1, 0.15) is 32.9 Å². The molecule has 172 valence electrons. The molecule has 1 fully saturated rings. The molecule has 0 bridgehead atoms. The fraction of sp³-hybridized carbons (Fsp3) is 0.280. The molecule has 2 heterocycles. The lowest BCUT2D eigenvalue weighted by Gasteiger charge is -2.26. The highest BCUT2D eigenvalue weighted by Crippen LogP contribution is 2.26. The number of morpholine rings is 1. The van der Waals surface area contributed by atoms with E-state index in [9.17, 15) is 4.79 Å². The van der Waals surface area contributed by atoms with Crippen molar-refractivity contribution in [3.05, 3.63) is 86.7 Å². The van der Waals surface area contributed by atoms with Gasteiger partial charge in [-0.25, -0.2) is 5.43 Å². The van der Waals surface area contributed by atoms with E-state index in [1.807, 2.05) is 60.9 Å². The normalized spacial score (nSPS) is 14.7. The molecule has 0 saturated carbocycles. The monoisotopic (exact) mass is 484 g/mol. The van der Waals surface area contributed by atoms with Gasteiger partial charge >= 0.3 is 0 Å². The number of amides is 1. The average Bonchev–Trinajstić information content (AvgIpc) is 3.07. The van der Waals surface area contributed by atoms with E-state index in [1.54, 1.807) is 12.3 Å². The lowest BCUT2D eigenvalue weighted by Crippen LogP contribution is -2.35. The van der Waals surface area contributed by atoms with Gasteiger partial charge < -0.3 is 9.30 Å². The standard InChI is InChI=1S/C25H26Cl2N4O2/c1-17-11-21(18(2)31(17)24-13-22(26)12-23(27)14-24)15-28-29-25(32)20-5-3-19(4-6-20)16-30-7-9-33-10-8-30/h3-6,11-15H,7-10,16H2,1-2H3,(H,29,32)/b28-15+. The predicted octanol–water partition coefficient (Wildman–Crippen LogP) is 5.00. The number of ether oxygens (including phenoxy) is 1. The number of hydrogen-bond acceptors (Lipinski definition) is 4. The first-order valence-corrected chi connectivity index (χ1v) is 11.5.